The summed E-state index contributed by atoms with van der Waals surface area (Å²) in [6.07, 6.45) is 9.68. The maximum atomic E-state index is 12.5. The Morgan fingerprint density at radius 1 is 1.14 bits per heavy atom. The minimum absolute atomic E-state index is 0.308. The lowest BCUT2D eigenvalue weighted by Gasteiger charge is -2.28. The predicted octanol–water partition coefficient (Wildman–Crippen LogP) is 2.22. The number of piperidine rings is 1. The van der Waals surface area contributed by atoms with Crippen LogP contribution >= 0.6 is 0 Å². The fourth-order valence-electron chi connectivity index (χ4n) is 4.66. The summed E-state index contributed by atoms with van der Waals surface area (Å²) in [5, 5.41) is 3.44. The van der Waals surface area contributed by atoms with Crippen LogP contribution in [0.15, 0.2) is 0 Å². The third-order valence-electron chi connectivity index (χ3n) is 5.99. The van der Waals surface area contributed by atoms with E-state index in [2.05, 4.69) is 5.32 Å². The molecule has 2 bridgehead atoms. The Morgan fingerprint density at radius 2 is 2.00 bits per heavy atom. The molecule has 4 atom stereocenters. The quantitative estimate of drug-likeness (QED) is 0.818. The second-order valence-electron chi connectivity index (χ2n) is 7.47. The summed E-state index contributed by atoms with van der Waals surface area (Å²) in [6.45, 7) is 1.80. The van der Waals surface area contributed by atoms with Gasteiger partial charge in [0, 0.05) is 19.6 Å². The maximum Gasteiger partial charge on any atom is 0.213 e. The van der Waals surface area contributed by atoms with E-state index in [0.29, 0.717) is 17.7 Å². The smallest absolute Gasteiger partial charge is 0.213 e. The number of nitrogens with zero attached hydrogens (tertiary/aromatic N) is 1. The number of fused-ring (bicyclic) bond motifs is 2. The highest BCUT2D eigenvalue weighted by Gasteiger charge is 2.40. The standard InChI is InChI=1S/C16H30N2O2S/c1-18(12-15-11-13-5-6-14(15)10-13)21(19,20)9-7-16-4-2-3-8-17-16/h13-17H,2-12H2,1H3. The molecule has 0 radical (unpaired) electrons. The Balaban J connectivity index is 1.47. The first kappa shape index (κ1) is 15.8. The zero-order valence-corrected chi connectivity index (χ0v) is 14.1. The fraction of sp³-hybridized carbons (Fsp3) is 1.00. The number of rotatable bonds is 6. The largest absolute Gasteiger partial charge is 0.314 e. The molecule has 2 aliphatic carbocycles. The van der Waals surface area contributed by atoms with Gasteiger partial charge in [-0.25, -0.2) is 12.7 Å². The van der Waals surface area contributed by atoms with Crippen LogP contribution in [-0.2, 0) is 10.0 Å². The molecule has 0 aromatic carbocycles. The van der Waals surface area contributed by atoms with Crippen molar-refractivity contribution in [1.29, 1.82) is 0 Å². The van der Waals surface area contributed by atoms with Gasteiger partial charge in [0.05, 0.1) is 5.75 Å². The van der Waals surface area contributed by atoms with Crippen LogP contribution in [0.4, 0.5) is 0 Å². The molecule has 1 heterocycles. The van der Waals surface area contributed by atoms with Gasteiger partial charge in [0.15, 0.2) is 0 Å². The molecule has 1 saturated heterocycles. The molecule has 4 nitrogen and oxygen atoms in total. The van der Waals surface area contributed by atoms with Crippen LogP contribution < -0.4 is 5.32 Å². The van der Waals surface area contributed by atoms with Crippen molar-refractivity contribution in [2.24, 2.45) is 17.8 Å². The number of hydrogen-bond donors (Lipinski definition) is 1. The molecule has 21 heavy (non-hydrogen) atoms. The lowest BCUT2D eigenvalue weighted by molar-refractivity contribution is 0.279. The summed E-state index contributed by atoms with van der Waals surface area (Å²) < 4.78 is 26.6. The van der Waals surface area contributed by atoms with Crippen LogP contribution in [0.1, 0.15) is 51.4 Å². The summed E-state index contributed by atoms with van der Waals surface area (Å²) in [4.78, 5) is 0. The molecular weight excluding hydrogens is 284 g/mol. The number of nitrogens with one attached hydrogen (secondary N) is 1. The number of sulfonamides is 1. The average molecular weight is 314 g/mol. The van der Waals surface area contributed by atoms with E-state index in [1.807, 2.05) is 0 Å². The second-order valence-corrected chi connectivity index (χ2v) is 9.66. The van der Waals surface area contributed by atoms with Crippen molar-refractivity contribution in [1.82, 2.24) is 9.62 Å². The van der Waals surface area contributed by atoms with Crippen molar-refractivity contribution < 1.29 is 8.42 Å². The highest BCUT2D eigenvalue weighted by atomic mass is 32.2. The highest BCUT2D eigenvalue weighted by Crippen LogP contribution is 2.48. The topological polar surface area (TPSA) is 49.4 Å². The van der Waals surface area contributed by atoms with Gasteiger partial charge in [-0.3, -0.25) is 0 Å². The van der Waals surface area contributed by atoms with Gasteiger partial charge in [-0.2, -0.15) is 0 Å². The van der Waals surface area contributed by atoms with Crippen LogP contribution in [0.2, 0.25) is 0 Å². The van der Waals surface area contributed by atoms with Gasteiger partial charge in [0.25, 0.3) is 0 Å². The van der Waals surface area contributed by atoms with Crippen molar-refractivity contribution in [2.45, 2.75) is 57.4 Å². The van der Waals surface area contributed by atoms with Gasteiger partial charge in [0.2, 0.25) is 10.0 Å². The Hall–Kier alpha value is -0.130. The molecule has 122 valence electrons. The van der Waals surface area contributed by atoms with E-state index in [4.69, 9.17) is 0 Å². The predicted molar refractivity (Wildman–Crippen MR) is 85.6 cm³/mol. The monoisotopic (exact) mass is 314 g/mol. The first-order valence-corrected chi connectivity index (χ1v) is 10.3. The van der Waals surface area contributed by atoms with E-state index >= 15 is 0 Å². The van der Waals surface area contributed by atoms with Crippen LogP contribution in [0, 0.1) is 17.8 Å². The highest BCUT2D eigenvalue weighted by molar-refractivity contribution is 7.89. The second kappa shape index (κ2) is 6.55. The SMILES string of the molecule is CN(CC1CC2CCC1C2)S(=O)(=O)CCC1CCCCN1. The van der Waals surface area contributed by atoms with Crippen molar-refractivity contribution in [3.63, 3.8) is 0 Å². The maximum absolute atomic E-state index is 12.5. The molecule has 4 unspecified atom stereocenters. The van der Waals surface area contributed by atoms with Crippen molar-refractivity contribution in [3.05, 3.63) is 0 Å². The fourth-order valence-corrected chi connectivity index (χ4v) is 5.97. The van der Waals surface area contributed by atoms with Gasteiger partial charge in [-0.1, -0.05) is 12.8 Å². The molecule has 5 heteroatoms. The van der Waals surface area contributed by atoms with Crippen LogP contribution in [0.25, 0.3) is 0 Å². The zero-order chi connectivity index (χ0) is 14.9. The Bertz CT molecular complexity index is 445. The van der Waals surface area contributed by atoms with Gasteiger partial charge in [0.1, 0.15) is 0 Å². The van der Waals surface area contributed by atoms with E-state index in [1.54, 1.807) is 11.4 Å². The Morgan fingerprint density at radius 3 is 2.62 bits per heavy atom. The Kier molecular flexibility index (Phi) is 4.91. The van der Waals surface area contributed by atoms with Crippen molar-refractivity contribution >= 4 is 10.0 Å². The van der Waals surface area contributed by atoms with E-state index in [1.165, 1.54) is 38.5 Å². The molecule has 3 fully saturated rings. The van der Waals surface area contributed by atoms with Gasteiger partial charge < -0.3 is 5.32 Å². The molecule has 3 rings (SSSR count). The molecule has 1 N–H and O–H groups in total. The Labute approximate surface area is 129 Å². The number of hydrogen-bond acceptors (Lipinski definition) is 3. The average Bonchev–Trinajstić information content (AvgIpc) is 3.09. The van der Waals surface area contributed by atoms with E-state index in [-0.39, 0.29) is 0 Å². The lowest BCUT2D eigenvalue weighted by atomic mass is 9.89. The summed E-state index contributed by atoms with van der Waals surface area (Å²) in [5.74, 6) is 2.62. The van der Waals surface area contributed by atoms with E-state index < -0.39 is 10.0 Å². The normalized spacial score (nSPS) is 36.5. The van der Waals surface area contributed by atoms with Crippen molar-refractivity contribution in [3.8, 4) is 0 Å². The molecular formula is C16H30N2O2S. The minimum Gasteiger partial charge on any atom is -0.314 e. The summed E-state index contributed by atoms with van der Waals surface area (Å²) in [6, 6.07) is 0.407. The third kappa shape index (κ3) is 3.80. The van der Waals surface area contributed by atoms with Gasteiger partial charge in [-0.05, 0) is 62.8 Å². The molecule has 0 amide bonds. The molecule has 3 aliphatic rings. The van der Waals surface area contributed by atoms with Crippen LogP contribution in [0.3, 0.4) is 0 Å². The third-order valence-corrected chi connectivity index (χ3v) is 7.84. The molecule has 0 spiro atoms. The molecule has 0 aromatic rings. The molecule has 0 aromatic heterocycles. The molecule has 2 saturated carbocycles. The summed E-state index contributed by atoms with van der Waals surface area (Å²) in [5.41, 5.74) is 0. The summed E-state index contributed by atoms with van der Waals surface area (Å²) >= 11 is 0. The van der Waals surface area contributed by atoms with Crippen LogP contribution in [-0.4, -0.2) is 44.7 Å². The van der Waals surface area contributed by atoms with Crippen LogP contribution in [0.5, 0.6) is 0 Å². The zero-order valence-electron chi connectivity index (χ0n) is 13.3. The van der Waals surface area contributed by atoms with Gasteiger partial charge >= 0.3 is 0 Å². The summed E-state index contributed by atoms with van der Waals surface area (Å²) in [7, 11) is -1.28. The van der Waals surface area contributed by atoms with E-state index in [0.717, 1.165) is 37.8 Å². The van der Waals surface area contributed by atoms with Gasteiger partial charge in [-0.15, -0.1) is 0 Å². The van der Waals surface area contributed by atoms with Crippen molar-refractivity contribution in [2.75, 3.05) is 25.9 Å². The first-order valence-electron chi connectivity index (χ1n) is 8.72. The first-order chi connectivity index (χ1) is 10.0. The minimum atomic E-state index is -3.07. The lowest BCUT2D eigenvalue weighted by Crippen LogP contribution is -2.39. The van der Waals surface area contributed by atoms with E-state index in [9.17, 15) is 8.42 Å². The molecule has 1 aliphatic heterocycles.